The first-order valence-corrected chi connectivity index (χ1v) is 6.06. The van der Waals surface area contributed by atoms with Crippen LogP contribution in [0, 0.1) is 5.41 Å². The normalized spacial score (nSPS) is 10.2. The number of amidine groups is 1. The van der Waals surface area contributed by atoms with Crippen molar-refractivity contribution >= 4 is 17.2 Å². The van der Waals surface area contributed by atoms with E-state index < -0.39 is 0 Å². The van der Waals surface area contributed by atoms with Crippen molar-refractivity contribution in [3.05, 3.63) is 35.3 Å². The van der Waals surface area contributed by atoms with Crippen molar-refractivity contribution < 1.29 is 4.74 Å². The monoisotopic (exact) mass is 247 g/mol. The molecule has 0 unspecified atom stereocenters. The van der Waals surface area contributed by atoms with E-state index in [9.17, 15) is 0 Å². The highest BCUT2D eigenvalue weighted by Crippen LogP contribution is 2.32. The van der Waals surface area contributed by atoms with Crippen molar-refractivity contribution in [2.75, 3.05) is 6.61 Å². The standard InChI is InChI=1S/C12H13N3OS/c1-2-16-9-6-4-3-5-8(9)12-15-7-10(17-12)11(13)14/h3-7H,2H2,1H3,(H3,13,14). The SMILES string of the molecule is CCOc1ccccc1-c1ncc(C(=N)N)s1. The molecule has 0 aliphatic rings. The average molecular weight is 247 g/mol. The first kappa shape index (κ1) is 11.6. The Morgan fingerprint density at radius 1 is 1.47 bits per heavy atom. The maximum Gasteiger partial charge on any atom is 0.134 e. The number of thiazole rings is 1. The van der Waals surface area contributed by atoms with Gasteiger partial charge in [-0.25, -0.2) is 4.98 Å². The lowest BCUT2D eigenvalue weighted by atomic mass is 10.2. The van der Waals surface area contributed by atoms with Crippen LogP contribution in [0.3, 0.4) is 0 Å². The summed E-state index contributed by atoms with van der Waals surface area (Å²) in [4.78, 5) is 4.94. The molecule has 1 aromatic heterocycles. The Morgan fingerprint density at radius 3 is 2.88 bits per heavy atom. The van der Waals surface area contributed by atoms with E-state index in [0.717, 1.165) is 16.3 Å². The Hall–Kier alpha value is -1.88. The zero-order valence-corrected chi connectivity index (χ0v) is 10.3. The average Bonchev–Trinajstić information content (AvgIpc) is 2.79. The molecule has 4 nitrogen and oxygen atoms in total. The van der Waals surface area contributed by atoms with E-state index in [2.05, 4.69) is 4.98 Å². The zero-order valence-electron chi connectivity index (χ0n) is 9.43. The molecular weight excluding hydrogens is 234 g/mol. The van der Waals surface area contributed by atoms with Crippen molar-refractivity contribution in [3.63, 3.8) is 0 Å². The molecule has 0 saturated carbocycles. The van der Waals surface area contributed by atoms with E-state index in [0.29, 0.717) is 11.5 Å². The summed E-state index contributed by atoms with van der Waals surface area (Å²) < 4.78 is 5.54. The van der Waals surface area contributed by atoms with E-state index in [1.165, 1.54) is 11.3 Å². The van der Waals surface area contributed by atoms with Crippen LogP contribution in [0.15, 0.2) is 30.5 Å². The molecule has 0 bridgehead atoms. The number of ether oxygens (including phenoxy) is 1. The number of nitrogens with two attached hydrogens (primary N) is 1. The van der Waals surface area contributed by atoms with Crippen molar-refractivity contribution in [3.8, 4) is 16.3 Å². The molecule has 0 radical (unpaired) electrons. The highest BCUT2D eigenvalue weighted by molar-refractivity contribution is 7.17. The lowest BCUT2D eigenvalue weighted by Crippen LogP contribution is -2.08. The molecule has 0 aliphatic heterocycles. The van der Waals surface area contributed by atoms with Gasteiger partial charge < -0.3 is 10.5 Å². The number of benzene rings is 1. The molecule has 0 fully saturated rings. The minimum atomic E-state index is 0.0441. The Balaban J connectivity index is 2.41. The van der Waals surface area contributed by atoms with E-state index >= 15 is 0 Å². The molecule has 2 rings (SSSR count). The van der Waals surface area contributed by atoms with Gasteiger partial charge in [0.05, 0.1) is 17.0 Å². The van der Waals surface area contributed by atoms with Gasteiger partial charge >= 0.3 is 0 Å². The van der Waals surface area contributed by atoms with Crippen molar-refractivity contribution in [1.82, 2.24) is 4.98 Å². The summed E-state index contributed by atoms with van der Waals surface area (Å²) in [5.74, 6) is 0.849. The number of aromatic nitrogens is 1. The number of hydrogen-bond acceptors (Lipinski definition) is 4. The summed E-state index contributed by atoms with van der Waals surface area (Å²) >= 11 is 1.39. The maximum absolute atomic E-state index is 7.36. The highest BCUT2D eigenvalue weighted by Gasteiger charge is 2.10. The van der Waals surface area contributed by atoms with Crippen LogP contribution in [0.25, 0.3) is 10.6 Å². The van der Waals surface area contributed by atoms with Gasteiger partial charge in [-0.05, 0) is 19.1 Å². The Bertz CT molecular complexity index is 536. The third kappa shape index (κ3) is 2.45. The molecule has 17 heavy (non-hydrogen) atoms. The van der Waals surface area contributed by atoms with Gasteiger partial charge in [0.15, 0.2) is 0 Å². The molecule has 0 saturated heterocycles. The van der Waals surface area contributed by atoms with Crippen molar-refractivity contribution in [2.24, 2.45) is 5.73 Å². The number of para-hydroxylation sites is 1. The fraction of sp³-hybridized carbons (Fsp3) is 0.167. The molecule has 2 aromatic rings. The van der Waals surface area contributed by atoms with Gasteiger partial charge in [-0.15, -0.1) is 11.3 Å². The van der Waals surface area contributed by atoms with Crippen LogP contribution in [0.2, 0.25) is 0 Å². The minimum absolute atomic E-state index is 0.0441. The molecule has 0 atom stereocenters. The van der Waals surface area contributed by atoms with Gasteiger partial charge in [0.25, 0.3) is 0 Å². The molecule has 1 heterocycles. The van der Waals surface area contributed by atoms with Crippen LogP contribution in [0.1, 0.15) is 11.8 Å². The number of nitrogens with one attached hydrogen (secondary N) is 1. The second kappa shape index (κ2) is 4.97. The lowest BCUT2D eigenvalue weighted by Gasteiger charge is -2.06. The van der Waals surface area contributed by atoms with E-state index in [1.54, 1.807) is 6.20 Å². The van der Waals surface area contributed by atoms with Gasteiger partial charge in [0.1, 0.15) is 16.6 Å². The number of nitrogens with zero attached hydrogens (tertiary/aromatic N) is 1. The second-order valence-corrected chi connectivity index (χ2v) is 4.40. The Kier molecular flexibility index (Phi) is 3.39. The van der Waals surface area contributed by atoms with Crippen LogP contribution in [-0.2, 0) is 0 Å². The van der Waals surface area contributed by atoms with Gasteiger partial charge in [0, 0.05) is 6.20 Å². The van der Waals surface area contributed by atoms with Crippen molar-refractivity contribution in [2.45, 2.75) is 6.92 Å². The molecule has 5 heteroatoms. The summed E-state index contributed by atoms with van der Waals surface area (Å²) in [7, 11) is 0. The van der Waals surface area contributed by atoms with Crippen molar-refractivity contribution in [1.29, 1.82) is 5.41 Å². The largest absolute Gasteiger partial charge is 0.493 e. The molecule has 0 aliphatic carbocycles. The molecule has 0 amide bonds. The first-order valence-electron chi connectivity index (χ1n) is 5.24. The summed E-state index contributed by atoms with van der Waals surface area (Å²) in [5, 5.41) is 8.18. The van der Waals surface area contributed by atoms with Gasteiger partial charge in [-0.2, -0.15) is 0 Å². The third-order valence-corrected chi connectivity index (χ3v) is 3.25. The molecule has 88 valence electrons. The predicted octanol–water partition coefficient (Wildman–Crippen LogP) is 2.49. The minimum Gasteiger partial charge on any atom is -0.493 e. The van der Waals surface area contributed by atoms with E-state index in [4.69, 9.17) is 15.9 Å². The fourth-order valence-corrected chi connectivity index (χ4v) is 2.26. The van der Waals surface area contributed by atoms with Crippen LogP contribution >= 0.6 is 11.3 Å². The zero-order chi connectivity index (χ0) is 12.3. The Labute approximate surface area is 104 Å². The number of hydrogen-bond donors (Lipinski definition) is 2. The van der Waals surface area contributed by atoms with E-state index in [-0.39, 0.29) is 5.84 Å². The molecule has 1 aromatic carbocycles. The smallest absolute Gasteiger partial charge is 0.134 e. The number of rotatable bonds is 4. The summed E-state index contributed by atoms with van der Waals surface area (Å²) in [6.45, 7) is 2.56. The quantitative estimate of drug-likeness (QED) is 0.644. The number of nitrogen functional groups attached to an aromatic ring is 1. The molecule has 0 spiro atoms. The van der Waals surface area contributed by atoms with Gasteiger partial charge in [-0.1, -0.05) is 12.1 Å². The summed E-state index contributed by atoms with van der Waals surface area (Å²) in [5.41, 5.74) is 6.36. The maximum atomic E-state index is 7.36. The highest BCUT2D eigenvalue weighted by atomic mass is 32.1. The molecule has 3 N–H and O–H groups in total. The summed E-state index contributed by atoms with van der Waals surface area (Å²) in [6, 6.07) is 7.72. The van der Waals surface area contributed by atoms with Crippen LogP contribution in [0.5, 0.6) is 5.75 Å². The topological polar surface area (TPSA) is 72.0 Å². The fourth-order valence-electron chi connectivity index (χ4n) is 1.45. The predicted molar refractivity (Wildman–Crippen MR) is 69.7 cm³/mol. The summed E-state index contributed by atoms with van der Waals surface area (Å²) in [6.07, 6.45) is 1.62. The van der Waals surface area contributed by atoms with E-state index in [1.807, 2.05) is 31.2 Å². The van der Waals surface area contributed by atoms with Gasteiger partial charge in [-0.3, -0.25) is 5.41 Å². The van der Waals surface area contributed by atoms with Crippen LogP contribution in [0.4, 0.5) is 0 Å². The first-order chi connectivity index (χ1) is 8.22. The van der Waals surface area contributed by atoms with Crippen LogP contribution < -0.4 is 10.5 Å². The third-order valence-electron chi connectivity index (χ3n) is 2.19. The Morgan fingerprint density at radius 2 is 2.24 bits per heavy atom. The lowest BCUT2D eigenvalue weighted by molar-refractivity contribution is 0.341. The molecular formula is C12H13N3OS. The second-order valence-electron chi connectivity index (χ2n) is 3.37. The van der Waals surface area contributed by atoms with Gasteiger partial charge in [0.2, 0.25) is 0 Å². The van der Waals surface area contributed by atoms with Crippen LogP contribution in [-0.4, -0.2) is 17.4 Å².